The van der Waals surface area contributed by atoms with Crippen molar-refractivity contribution in [2.24, 2.45) is 11.7 Å². The summed E-state index contributed by atoms with van der Waals surface area (Å²) in [7, 11) is 0. The van der Waals surface area contributed by atoms with Gasteiger partial charge in [0.1, 0.15) is 0 Å². The fourth-order valence-corrected chi connectivity index (χ4v) is 0.880. The van der Waals surface area contributed by atoms with Gasteiger partial charge < -0.3 is 10.7 Å². The second kappa shape index (κ2) is 3.53. The molecule has 0 saturated heterocycles. The molecule has 0 unspecified atom stereocenters. The fourth-order valence-electron chi connectivity index (χ4n) is 0.880. The molecule has 3 heteroatoms. The van der Waals surface area contributed by atoms with E-state index in [0.29, 0.717) is 5.92 Å². The van der Waals surface area contributed by atoms with Crippen LogP contribution in [0.4, 0.5) is 0 Å². The molecule has 0 spiro atoms. The SMILES string of the molecule is CC(C)[C@H](N)Cc1c[nH]cn1. The Balaban J connectivity index is 2.43. The van der Waals surface area contributed by atoms with E-state index in [1.54, 1.807) is 6.33 Å². The number of nitrogens with two attached hydrogens (primary N) is 1. The first-order chi connectivity index (χ1) is 5.20. The van der Waals surface area contributed by atoms with Gasteiger partial charge in [-0.05, 0) is 5.92 Å². The van der Waals surface area contributed by atoms with Crippen molar-refractivity contribution in [3.8, 4) is 0 Å². The molecule has 0 amide bonds. The molecule has 11 heavy (non-hydrogen) atoms. The van der Waals surface area contributed by atoms with E-state index in [1.807, 2.05) is 6.20 Å². The lowest BCUT2D eigenvalue weighted by atomic mass is 10.0. The standard InChI is InChI=1S/C8H15N3/c1-6(2)8(9)3-7-4-10-5-11-7/h4-6,8H,3,9H2,1-2H3,(H,10,11)/t8-/m1/s1. The van der Waals surface area contributed by atoms with Crippen LogP contribution < -0.4 is 5.73 Å². The number of hydrogen-bond donors (Lipinski definition) is 2. The van der Waals surface area contributed by atoms with E-state index in [9.17, 15) is 0 Å². The van der Waals surface area contributed by atoms with E-state index < -0.39 is 0 Å². The molecule has 0 saturated carbocycles. The first kappa shape index (κ1) is 8.27. The Labute approximate surface area is 67.0 Å². The molecule has 0 aliphatic carbocycles. The Morgan fingerprint density at radius 3 is 2.82 bits per heavy atom. The van der Waals surface area contributed by atoms with Crippen molar-refractivity contribution < 1.29 is 0 Å². The van der Waals surface area contributed by atoms with Crippen LogP contribution in [0.3, 0.4) is 0 Å². The first-order valence-corrected chi connectivity index (χ1v) is 3.93. The van der Waals surface area contributed by atoms with Gasteiger partial charge in [-0.2, -0.15) is 0 Å². The van der Waals surface area contributed by atoms with Crippen molar-refractivity contribution in [3.05, 3.63) is 18.2 Å². The van der Waals surface area contributed by atoms with Crippen LogP contribution >= 0.6 is 0 Å². The minimum atomic E-state index is 0.221. The Morgan fingerprint density at radius 2 is 2.36 bits per heavy atom. The number of H-pyrrole nitrogens is 1. The third-order valence-electron chi connectivity index (χ3n) is 1.86. The van der Waals surface area contributed by atoms with Crippen LogP contribution in [0.5, 0.6) is 0 Å². The van der Waals surface area contributed by atoms with Crippen LogP contribution in [0.25, 0.3) is 0 Å². The van der Waals surface area contributed by atoms with Crippen molar-refractivity contribution in [1.29, 1.82) is 0 Å². The maximum absolute atomic E-state index is 5.85. The number of aromatic amines is 1. The average molecular weight is 153 g/mol. The molecule has 1 heterocycles. The number of nitrogens with zero attached hydrogens (tertiary/aromatic N) is 1. The van der Waals surface area contributed by atoms with Crippen molar-refractivity contribution in [3.63, 3.8) is 0 Å². The van der Waals surface area contributed by atoms with Crippen LogP contribution in [-0.2, 0) is 6.42 Å². The zero-order valence-corrected chi connectivity index (χ0v) is 7.04. The van der Waals surface area contributed by atoms with Crippen molar-refractivity contribution >= 4 is 0 Å². The van der Waals surface area contributed by atoms with E-state index in [-0.39, 0.29) is 6.04 Å². The second-order valence-electron chi connectivity index (χ2n) is 3.17. The molecule has 0 aromatic carbocycles. The molecule has 1 aromatic heterocycles. The van der Waals surface area contributed by atoms with Gasteiger partial charge in [0.25, 0.3) is 0 Å². The van der Waals surface area contributed by atoms with Gasteiger partial charge in [0.2, 0.25) is 0 Å². The largest absolute Gasteiger partial charge is 0.351 e. The molecule has 0 aliphatic heterocycles. The Kier molecular flexibility index (Phi) is 2.65. The summed E-state index contributed by atoms with van der Waals surface area (Å²) in [6.45, 7) is 4.24. The highest BCUT2D eigenvalue weighted by molar-refractivity contribution is 4.97. The van der Waals surface area contributed by atoms with Crippen LogP contribution in [0, 0.1) is 5.92 Å². The normalized spacial score (nSPS) is 13.8. The lowest BCUT2D eigenvalue weighted by molar-refractivity contribution is 0.487. The molecule has 1 aromatic rings. The summed E-state index contributed by atoms with van der Waals surface area (Å²) in [5.41, 5.74) is 6.90. The highest BCUT2D eigenvalue weighted by Crippen LogP contribution is 2.04. The van der Waals surface area contributed by atoms with E-state index in [1.165, 1.54) is 0 Å². The summed E-state index contributed by atoms with van der Waals surface area (Å²) >= 11 is 0. The number of aromatic nitrogens is 2. The van der Waals surface area contributed by atoms with Crippen molar-refractivity contribution in [1.82, 2.24) is 9.97 Å². The number of nitrogens with one attached hydrogen (secondary N) is 1. The molecule has 3 N–H and O–H groups in total. The minimum absolute atomic E-state index is 0.221. The number of hydrogen-bond acceptors (Lipinski definition) is 2. The van der Waals surface area contributed by atoms with Crippen LogP contribution in [0.15, 0.2) is 12.5 Å². The predicted molar refractivity (Wildman–Crippen MR) is 45.1 cm³/mol. The van der Waals surface area contributed by atoms with Crippen LogP contribution in [0.1, 0.15) is 19.5 Å². The van der Waals surface area contributed by atoms with Crippen LogP contribution in [0.2, 0.25) is 0 Å². The third kappa shape index (κ3) is 2.35. The summed E-state index contributed by atoms with van der Waals surface area (Å²) in [6, 6.07) is 0.221. The van der Waals surface area contributed by atoms with Gasteiger partial charge in [-0.1, -0.05) is 13.8 Å². The van der Waals surface area contributed by atoms with Gasteiger partial charge in [-0.15, -0.1) is 0 Å². The molecule has 0 bridgehead atoms. The summed E-state index contributed by atoms with van der Waals surface area (Å²) in [4.78, 5) is 7.01. The van der Waals surface area contributed by atoms with Gasteiger partial charge in [-0.3, -0.25) is 0 Å². The third-order valence-corrected chi connectivity index (χ3v) is 1.86. The maximum Gasteiger partial charge on any atom is 0.0923 e. The Bertz CT molecular complexity index is 191. The number of rotatable bonds is 3. The Hall–Kier alpha value is -0.830. The first-order valence-electron chi connectivity index (χ1n) is 3.93. The van der Waals surface area contributed by atoms with Gasteiger partial charge in [-0.25, -0.2) is 4.98 Å². The van der Waals surface area contributed by atoms with Gasteiger partial charge >= 0.3 is 0 Å². The molecule has 0 fully saturated rings. The fraction of sp³-hybridized carbons (Fsp3) is 0.625. The van der Waals surface area contributed by atoms with Crippen molar-refractivity contribution in [2.75, 3.05) is 0 Å². The van der Waals surface area contributed by atoms with E-state index in [0.717, 1.165) is 12.1 Å². The lowest BCUT2D eigenvalue weighted by Crippen LogP contribution is -2.28. The number of imidazole rings is 1. The average Bonchev–Trinajstić information content (AvgIpc) is 2.39. The van der Waals surface area contributed by atoms with Crippen molar-refractivity contribution in [2.45, 2.75) is 26.3 Å². The van der Waals surface area contributed by atoms with Gasteiger partial charge in [0.15, 0.2) is 0 Å². The summed E-state index contributed by atoms with van der Waals surface area (Å²) in [5, 5.41) is 0. The topological polar surface area (TPSA) is 54.7 Å². The molecule has 0 aliphatic rings. The quantitative estimate of drug-likeness (QED) is 0.679. The molecule has 62 valence electrons. The Morgan fingerprint density at radius 1 is 1.64 bits per heavy atom. The van der Waals surface area contributed by atoms with Crippen LogP contribution in [-0.4, -0.2) is 16.0 Å². The second-order valence-corrected chi connectivity index (χ2v) is 3.17. The molecule has 1 atom stereocenters. The highest BCUT2D eigenvalue weighted by Gasteiger charge is 2.08. The molecule has 0 radical (unpaired) electrons. The molecule has 1 rings (SSSR count). The zero-order valence-electron chi connectivity index (χ0n) is 7.04. The van der Waals surface area contributed by atoms with Gasteiger partial charge in [0, 0.05) is 18.7 Å². The van der Waals surface area contributed by atoms with Gasteiger partial charge in [0.05, 0.1) is 12.0 Å². The maximum atomic E-state index is 5.85. The molecule has 3 nitrogen and oxygen atoms in total. The van der Waals surface area contributed by atoms with E-state index in [4.69, 9.17) is 5.73 Å². The lowest BCUT2D eigenvalue weighted by Gasteiger charge is -2.13. The molecular weight excluding hydrogens is 138 g/mol. The monoisotopic (exact) mass is 153 g/mol. The summed E-state index contributed by atoms with van der Waals surface area (Å²) in [6.07, 6.45) is 4.44. The minimum Gasteiger partial charge on any atom is -0.351 e. The molecular formula is C8H15N3. The summed E-state index contributed by atoms with van der Waals surface area (Å²) < 4.78 is 0. The zero-order chi connectivity index (χ0) is 8.27. The van der Waals surface area contributed by atoms with E-state index in [2.05, 4.69) is 23.8 Å². The smallest absolute Gasteiger partial charge is 0.0923 e. The summed E-state index contributed by atoms with van der Waals surface area (Å²) in [5.74, 6) is 0.520. The highest BCUT2D eigenvalue weighted by atomic mass is 14.9. The van der Waals surface area contributed by atoms with E-state index >= 15 is 0 Å². The predicted octanol–water partition coefficient (Wildman–Crippen LogP) is 0.936.